The number of carboxylic acid groups (broad SMARTS) is 1. The molecule has 1 amide bonds. The second kappa shape index (κ2) is 3.26. The van der Waals surface area contributed by atoms with Gasteiger partial charge in [0.15, 0.2) is 0 Å². The number of nitrogens with zero attached hydrogens (tertiary/aromatic N) is 1. The quantitative estimate of drug-likeness (QED) is 0.574. The number of likely N-dealkylation sites (tertiary alicyclic amines) is 1. The molecule has 1 saturated heterocycles. The molecule has 4 nitrogen and oxygen atoms in total. The van der Waals surface area contributed by atoms with Crippen LogP contribution in [0.4, 0.5) is 0 Å². The predicted molar refractivity (Wildman–Crippen MR) is 41.2 cm³/mol. The van der Waals surface area contributed by atoms with Crippen LogP contribution in [0.2, 0.25) is 0 Å². The van der Waals surface area contributed by atoms with Gasteiger partial charge in [-0.25, -0.2) is 4.79 Å². The highest BCUT2D eigenvalue weighted by Gasteiger charge is 2.35. The lowest BCUT2D eigenvalue weighted by Gasteiger charge is -2.17. The molecule has 0 bridgehead atoms. The molecule has 0 aromatic heterocycles. The Morgan fingerprint density at radius 1 is 1.83 bits per heavy atom. The van der Waals surface area contributed by atoms with Gasteiger partial charge in [-0.1, -0.05) is 5.92 Å². The van der Waals surface area contributed by atoms with Crippen LogP contribution in [0.1, 0.15) is 12.8 Å². The van der Waals surface area contributed by atoms with E-state index in [0.29, 0.717) is 12.8 Å². The van der Waals surface area contributed by atoms with Crippen molar-refractivity contribution in [3.63, 3.8) is 0 Å². The van der Waals surface area contributed by atoms with Gasteiger partial charge >= 0.3 is 5.97 Å². The lowest BCUT2D eigenvalue weighted by Crippen LogP contribution is -2.38. The highest BCUT2D eigenvalue weighted by atomic mass is 16.4. The van der Waals surface area contributed by atoms with Crippen LogP contribution in [0, 0.1) is 12.3 Å². The maximum absolute atomic E-state index is 11.0. The standard InChI is InChI=1S/C8H9NO3/c1-2-5-9-6(8(11)12)3-4-7(9)10/h1,6H,3-5H2,(H,11,12)/t6-/m0/s1. The molecule has 64 valence electrons. The average Bonchev–Trinajstić information content (AvgIpc) is 2.34. The molecule has 4 heteroatoms. The van der Waals surface area contributed by atoms with Crippen molar-refractivity contribution >= 4 is 11.9 Å². The first-order valence-electron chi connectivity index (χ1n) is 3.62. The van der Waals surface area contributed by atoms with Gasteiger partial charge in [-0.2, -0.15) is 0 Å². The number of hydrogen-bond donors (Lipinski definition) is 1. The zero-order valence-electron chi connectivity index (χ0n) is 6.49. The van der Waals surface area contributed by atoms with Crippen molar-refractivity contribution in [2.24, 2.45) is 0 Å². The summed E-state index contributed by atoms with van der Waals surface area (Å²) in [5.41, 5.74) is 0. The monoisotopic (exact) mass is 167 g/mol. The van der Waals surface area contributed by atoms with E-state index in [1.807, 2.05) is 0 Å². The molecule has 0 aromatic carbocycles. The van der Waals surface area contributed by atoms with Crippen molar-refractivity contribution < 1.29 is 14.7 Å². The topological polar surface area (TPSA) is 57.6 Å². The van der Waals surface area contributed by atoms with Crippen molar-refractivity contribution in [2.45, 2.75) is 18.9 Å². The summed E-state index contributed by atoms with van der Waals surface area (Å²) >= 11 is 0. The fourth-order valence-corrected chi connectivity index (χ4v) is 1.29. The Bertz CT molecular complexity index is 254. The van der Waals surface area contributed by atoms with Gasteiger partial charge in [0.05, 0.1) is 6.54 Å². The molecule has 0 saturated carbocycles. The number of rotatable bonds is 2. The third-order valence-corrected chi connectivity index (χ3v) is 1.87. The maximum Gasteiger partial charge on any atom is 0.326 e. The summed E-state index contributed by atoms with van der Waals surface area (Å²) in [4.78, 5) is 22.8. The molecule has 12 heavy (non-hydrogen) atoms. The van der Waals surface area contributed by atoms with Crippen LogP contribution < -0.4 is 0 Å². The number of hydrogen-bond acceptors (Lipinski definition) is 2. The highest BCUT2D eigenvalue weighted by Crippen LogP contribution is 2.17. The van der Waals surface area contributed by atoms with Crippen LogP contribution >= 0.6 is 0 Å². The van der Waals surface area contributed by atoms with Gasteiger partial charge in [0.1, 0.15) is 6.04 Å². The summed E-state index contributed by atoms with van der Waals surface area (Å²) in [6, 6.07) is -0.714. The van der Waals surface area contributed by atoms with Gasteiger partial charge in [0.2, 0.25) is 5.91 Å². The minimum atomic E-state index is -0.976. The molecule has 0 spiro atoms. The summed E-state index contributed by atoms with van der Waals surface area (Å²) < 4.78 is 0. The lowest BCUT2D eigenvalue weighted by atomic mass is 10.2. The number of amides is 1. The number of carbonyl (C=O) groups is 2. The number of carbonyl (C=O) groups excluding carboxylic acids is 1. The van der Waals surface area contributed by atoms with Crippen LogP contribution in [0.15, 0.2) is 0 Å². The molecule has 0 radical (unpaired) electrons. The van der Waals surface area contributed by atoms with E-state index in [0.717, 1.165) is 0 Å². The third-order valence-electron chi connectivity index (χ3n) is 1.87. The maximum atomic E-state index is 11.0. The Hall–Kier alpha value is -1.50. The molecule has 1 fully saturated rings. The zero-order chi connectivity index (χ0) is 9.14. The van der Waals surface area contributed by atoms with Crippen molar-refractivity contribution in [1.29, 1.82) is 0 Å². The smallest absolute Gasteiger partial charge is 0.326 e. The molecule has 1 N–H and O–H groups in total. The van der Waals surface area contributed by atoms with E-state index >= 15 is 0 Å². The van der Waals surface area contributed by atoms with E-state index in [4.69, 9.17) is 11.5 Å². The van der Waals surface area contributed by atoms with E-state index in [1.165, 1.54) is 4.90 Å². The summed E-state index contributed by atoms with van der Waals surface area (Å²) in [6.45, 7) is 0.0931. The van der Waals surface area contributed by atoms with E-state index in [-0.39, 0.29) is 12.5 Å². The Balaban J connectivity index is 2.71. The summed E-state index contributed by atoms with van der Waals surface area (Å²) in [5, 5.41) is 8.67. The molecular weight excluding hydrogens is 158 g/mol. The largest absolute Gasteiger partial charge is 0.480 e. The Kier molecular flexibility index (Phi) is 2.34. The van der Waals surface area contributed by atoms with Crippen molar-refractivity contribution in [1.82, 2.24) is 4.90 Å². The second-order valence-electron chi connectivity index (χ2n) is 2.62. The van der Waals surface area contributed by atoms with Gasteiger partial charge in [-0.15, -0.1) is 6.42 Å². The summed E-state index contributed by atoms with van der Waals surface area (Å²) in [6.07, 6.45) is 5.66. The number of terminal acetylenes is 1. The van der Waals surface area contributed by atoms with Crippen molar-refractivity contribution in [3.8, 4) is 12.3 Å². The molecule has 1 aliphatic rings. The predicted octanol–water partition coefficient (Wildman–Crippen LogP) is -0.305. The fourth-order valence-electron chi connectivity index (χ4n) is 1.29. The number of aliphatic carboxylic acids is 1. The van der Waals surface area contributed by atoms with Crippen molar-refractivity contribution in [2.75, 3.05) is 6.54 Å². The highest BCUT2D eigenvalue weighted by molar-refractivity contribution is 5.87. The fraction of sp³-hybridized carbons (Fsp3) is 0.500. The van der Waals surface area contributed by atoms with Gasteiger partial charge < -0.3 is 10.0 Å². The average molecular weight is 167 g/mol. The molecule has 0 unspecified atom stereocenters. The minimum Gasteiger partial charge on any atom is -0.480 e. The molecular formula is C8H9NO3. The Morgan fingerprint density at radius 3 is 3.00 bits per heavy atom. The first-order valence-corrected chi connectivity index (χ1v) is 3.62. The molecule has 0 aliphatic carbocycles. The summed E-state index contributed by atoms with van der Waals surface area (Å²) in [7, 11) is 0. The number of carboxylic acids is 1. The normalized spacial score (nSPS) is 22.4. The first kappa shape index (κ1) is 8.60. The molecule has 1 aliphatic heterocycles. The SMILES string of the molecule is C#CCN1C(=O)CC[C@H]1C(=O)O. The third kappa shape index (κ3) is 1.40. The van der Waals surface area contributed by atoms with Crippen LogP contribution in [0.25, 0.3) is 0 Å². The lowest BCUT2D eigenvalue weighted by molar-refractivity contribution is -0.145. The van der Waals surface area contributed by atoms with Crippen LogP contribution in [-0.4, -0.2) is 34.5 Å². The van der Waals surface area contributed by atoms with E-state index in [1.54, 1.807) is 0 Å². The zero-order valence-corrected chi connectivity index (χ0v) is 6.49. The van der Waals surface area contributed by atoms with Crippen LogP contribution in [0.3, 0.4) is 0 Å². The molecule has 0 aromatic rings. The van der Waals surface area contributed by atoms with Gasteiger partial charge in [-0.05, 0) is 6.42 Å². The van der Waals surface area contributed by atoms with Gasteiger partial charge in [0, 0.05) is 6.42 Å². The van der Waals surface area contributed by atoms with E-state index in [9.17, 15) is 9.59 Å². The van der Waals surface area contributed by atoms with E-state index < -0.39 is 12.0 Å². The van der Waals surface area contributed by atoms with Crippen LogP contribution in [0.5, 0.6) is 0 Å². The Labute approximate surface area is 70.2 Å². The summed E-state index contributed by atoms with van der Waals surface area (Å²) in [5.74, 6) is 1.12. The Morgan fingerprint density at radius 2 is 2.50 bits per heavy atom. The second-order valence-corrected chi connectivity index (χ2v) is 2.62. The first-order chi connectivity index (χ1) is 5.66. The van der Waals surface area contributed by atoms with E-state index in [2.05, 4.69) is 5.92 Å². The van der Waals surface area contributed by atoms with Gasteiger partial charge in [-0.3, -0.25) is 4.79 Å². The minimum absolute atomic E-state index is 0.0931. The van der Waals surface area contributed by atoms with Crippen molar-refractivity contribution in [3.05, 3.63) is 0 Å². The van der Waals surface area contributed by atoms with Gasteiger partial charge in [0.25, 0.3) is 0 Å². The molecule has 1 atom stereocenters. The van der Waals surface area contributed by atoms with Crippen LogP contribution in [-0.2, 0) is 9.59 Å². The molecule has 1 rings (SSSR count). The molecule has 1 heterocycles.